The van der Waals surface area contributed by atoms with Crippen molar-refractivity contribution in [2.75, 3.05) is 13.2 Å². The molecular formula is C10H16O2. The second kappa shape index (κ2) is 2.57. The molecule has 0 heterocycles. The first-order valence-corrected chi connectivity index (χ1v) is 4.62. The second-order valence-electron chi connectivity index (χ2n) is 4.37. The molecule has 1 saturated carbocycles. The summed E-state index contributed by atoms with van der Waals surface area (Å²) in [7, 11) is 0. The van der Waals surface area contributed by atoms with Crippen molar-refractivity contribution >= 4 is 0 Å². The lowest BCUT2D eigenvalue weighted by atomic mass is 9.76. The van der Waals surface area contributed by atoms with Crippen LogP contribution in [0, 0.1) is 23.2 Å². The lowest BCUT2D eigenvalue weighted by molar-refractivity contribution is 0.0868. The van der Waals surface area contributed by atoms with Gasteiger partial charge in [-0.2, -0.15) is 0 Å². The smallest absolute Gasteiger partial charge is 0.0471 e. The predicted octanol–water partition coefficient (Wildman–Crippen LogP) is 0.799. The summed E-state index contributed by atoms with van der Waals surface area (Å²) < 4.78 is 0. The fraction of sp³-hybridized carbons (Fsp3) is 0.800. The summed E-state index contributed by atoms with van der Waals surface area (Å²) in [5, 5.41) is 18.4. The predicted molar refractivity (Wildman–Crippen MR) is 46.5 cm³/mol. The first kappa shape index (κ1) is 8.27. The summed E-state index contributed by atoms with van der Waals surface area (Å²) in [5.74, 6) is 1.08. The molecule has 0 aromatic rings. The van der Waals surface area contributed by atoms with Gasteiger partial charge in [0.15, 0.2) is 0 Å². The van der Waals surface area contributed by atoms with Gasteiger partial charge in [0.25, 0.3) is 0 Å². The van der Waals surface area contributed by atoms with Crippen LogP contribution in [0.4, 0.5) is 0 Å². The van der Waals surface area contributed by atoms with E-state index in [0.29, 0.717) is 11.8 Å². The van der Waals surface area contributed by atoms with Crippen LogP contribution in [-0.2, 0) is 0 Å². The van der Waals surface area contributed by atoms with E-state index in [0.717, 1.165) is 6.42 Å². The molecule has 0 aliphatic heterocycles. The van der Waals surface area contributed by atoms with E-state index in [2.05, 4.69) is 19.1 Å². The van der Waals surface area contributed by atoms with Crippen molar-refractivity contribution in [3.63, 3.8) is 0 Å². The Kier molecular flexibility index (Phi) is 1.77. The molecule has 2 rings (SSSR count). The van der Waals surface area contributed by atoms with Gasteiger partial charge < -0.3 is 10.2 Å². The van der Waals surface area contributed by atoms with Gasteiger partial charge in [-0.3, -0.25) is 0 Å². The molecular weight excluding hydrogens is 152 g/mol. The minimum atomic E-state index is 0.160. The fourth-order valence-corrected chi connectivity index (χ4v) is 2.95. The molecule has 12 heavy (non-hydrogen) atoms. The Hall–Kier alpha value is -0.340. The van der Waals surface area contributed by atoms with E-state index in [1.54, 1.807) is 0 Å². The molecule has 2 nitrogen and oxygen atoms in total. The molecule has 2 heteroatoms. The molecule has 0 amide bonds. The monoisotopic (exact) mass is 168 g/mol. The zero-order valence-electron chi connectivity index (χ0n) is 7.40. The molecule has 0 unspecified atom stereocenters. The minimum absolute atomic E-state index is 0.160. The molecule has 1 fully saturated rings. The summed E-state index contributed by atoms with van der Waals surface area (Å²) in [6.45, 7) is 2.61. The number of allylic oxidation sites excluding steroid dienone is 2. The van der Waals surface area contributed by atoms with Crippen molar-refractivity contribution < 1.29 is 10.2 Å². The van der Waals surface area contributed by atoms with Crippen molar-refractivity contribution in [2.45, 2.75) is 13.3 Å². The standard InChI is InChI=1S/C10H16O2/c1-10-3-2-7(4-10)8(5-11)9(10)6-12/h2-3,7-9,11-12H,4-6H2,1H3/t7-,8-,9-,10+/m1/s1. The minimum Gasteiger partial charge on any atom is -0.396 e. The highest BCUT2D eigenvalue weighted by Crippen LogP contribution is 2.55. The highest BCUT2D eigenvalue weighted by Gasteiger charge is 2.51. The Morgan fingerprint density at radius 2 is 2.17 bits per heavy atom. The van der Waals surface area contributed by atoms with Gasteiger partial charge in [0.2, 0.25) is 0 Å². The largest absolute Gasteiger partial charge is 0.396 e. The SMILES string of the molecule is C[C@]12C=C[C@H](C1)[C@@H](CO)[C@H]2CO. The molecule has 68 valence electrons. The third-order valence-electron chi connectivity index (χ3n) is 3.72. The van der Waals surface area contributed by atoms with Crippen molar-refractivity contribution in [1.29, 1.82) is 0 Å². The number of rotatable bonds is 2. The van der Waals surface area contributed by atoms with E-state index in [4.69, 9.17) is 5.11 Å². The van der Waals surface area contributed by atoms with E-state index >= 15 is 0 Å². The van der Waals surface area contributed by atoms with Gasteiger partial charge in [0.05, 0.1) is 0 Å². The number of fused-ring (bicyclic) bond motifs is 2. The van der Waals surface area contributed by atoms with E-state index in [-0.39, 0.29) is 24.5 Å². The average Bonchev–Trinajstić information content (AvgIpc) is 2.55. The molecule has 2 N–H and O–H groups in total. The molecule has 4 atom stereocenters. The zero-order chi connectivity index (χ0) is 8.77. The van der Waals surface area contributed by atoms with Crippen LogP contribution >= 0.6 is 0 Å². The second-order valence-corrected chi connectivity index (χ2v) is 4.37. The quantitative estimate of drug-likeness (QED) is 0.599. The van der Waals surface area contributed by atoms with Gasteiger partial charge in [0.1, 0.15) is 0 Å². The van der Waals surface area contributed by atoms with Crippen LogP contribution in [-0.4, -0.2) is 23.4 Å². The summed E-state index contributed by atoms with van der Waals surface area (Å²) in [6.07, 6.45) is 5.53. The first-order valence-electron chi connectivity index (χ1n) is 4.62. The maximum atomic E-state index is 9.21. The molecule has 2 aliphatic carbocycles. The van der Waals surface area contributed by atoms with E-state index < -0.39 is 0 Å². The van der Waals surface area contributed by atoms with Crippen LogP contribution in [0.3, 0.4) is 0 Å². The maximum absolute atomic E-state index is 9.21. The Balaban J connectivity index is 2.26. The maximum Gasteiger partial charge on any atom is 0.0471 e. The van der Waals surface area contributed by atoms with E-state index in [1.165, 1.54) is 0 Å². The molecule has 2 aliphatic rings. The summed E-state index contributed by atoms with van der Waals surface area (Å²) in [5.41, 5.74) is 0.160. The van der Waals surface area contributed by atoms with Crippen LogP contribution in [0.15, 0.2) is 12.2 Å². The van der Waals surface area contributed by atoms with Crippen molar-refractivity contribution in [3.8, 4) is 0 Å². The first-order chi connectivity index (χ1) is 5.71. The van der Waals surface area contributed by atoms with Gasteiger partial charge >= 0.3 is 0 Å². The Morgan fingerprint density at radius 3 is 2.67 bits per heavy atom. The third kappa shape index (κ3) is 0.882. The van der Waals surface area contributed by atoms with Crippen LogP contribution in [0.2, 0.25) is 0 Å². The highest BCUT2D eigenvalue weighted by molar-refractivity contribution is 5.19. The van der Waals surface area contributed by atoms with E-state index in [1.807, 2.05) is 0 Å². The molecule has 0 aromatic heterocycles. The van der Waals surface area contributed by atoms with Crippen molar-refractivity contribution in [2.24, 2.45) is 23.2 Å². The summed E-state index contributed by atoms with van der Waals surface area (Å²) in [4.78, 5) is 0. The summed E-state index contributed by atoms with van der Waals surface area (Å²) >= 11 is 0. The van der Waals surface area contributed by atoms with Crippen LogP contribution in [0.1, 0.15) is 13.3 Å². The highest BCUT2D eigenvalue weighted by atomic mass is 16.3. The summed E-state index contributed by atoms with van der Waals surface area (Å²) in [6, 6.07) is 0. The molecule has 0 radical (unpaired) electrons. The Morgan fingerprint density at radius 1 is 1.42 bits per heavy atom. The van der Waals surface area contributed by atoms with Gasteiger partial charge in [0, 0.05) is 13.2 Å². The van der Waals surface area contributed by atoms with Crippen LogP contribution in [0.25, 0.3) is 0 Å². The molecule has 0 saturated heterocycles. The number of aliphatic hydroxyl groups excluding tert-OH is 2. The Bertz CT molecular complexity index is 212. The van der Waals surface area contributed by atoms with Gasteiger partial charge in [-0.1, -0.05) is 19.1 Å². The average molecular weight is 168 g/mol. The molecule has 2 bridgehead atoms. The topological polar surface area (TPSA) is 40.5 Å². The van der Waals surface area contributed by atoms with Gasteiger partial charge in [-0.25, -0.2) is 0 Å². The van der Waals surface area contributed by atoms with Gasteiger partial charge in [-0.05, 0) is 29.6 Å². The number of aliphatic hydroxyl groups is 2. The lowest BCUT2D eigenvalue weighted by Gasteiger charge is -2.31. The molecule has 0 spiro atoms. The number of hydrogen-bond acceptors (Lipinski definition) is 2. The normalized spacial score (nSPS) is 50.4. The zero-order valence-corrected chi connectivity index (χ0v) is 7.40. The van der Waals surface area contributed by atoms with E-state index in [9.17, 15) is 5.11 Å². The van der Waals surface area contributed by atoms with Crippen molar-refractivity contribution in [3.05, 3.63) is 12.2 Å². The van der Waals surface area contributed by atoms with Crippen molar-refractivity contribution in [1.82, 2.24) is 0 Å². The Labute approximate surface area is 72.9 Å². The fourth-order valence-electron chi connectivity index (χ4n) is 2.95. The third-order valence-corrected chi connectivity index (χ3v) is 3.72. The van der Waals surface area contributed by atoms with Gasteiger partial charge in [-0.15, -0.1) is 0 Å². The number of hydrogen-bond donors (Lipinski definition) is 2. The van der Waals surface area contributed by atoms with Crippen LogP contribution in [0.5, 0.6) is 0 Å². The lowest BCUT2D eigenvalue weighted by Crippen LogP contribution is -2.30. The van der Waals surface area contributed by atoms with Crippen LogP contribution < -0.4 is 0 Å². The molecule has 0 aromatic carbocycles.